The van der Waals surface area contributed by atoms with Crippen LogP contribution in [-0.4, -0.2) is 17.6 Å². The first-order valence-electron chi connectivity index (χ1n) is 6.24. The van der Waals surface area contributed by atoms with E-state index >= 15 is 0 Å². The fraction of sp³-hybridized carbons (Fsp3) is 0.143. The van der Waals surface area contributed by atoms with Gasteiger partial charge in [-0.3, -0.25) is 9.59 Å². The van der Waals surface area contributed by atoms with Crippen LogP contribution in [-0.2, 0) is 11.0 Å². The lowest BCUT2D eigenvalue weighted by Gasteiger charge is -2.08. The quantitative estimate of drug-likeness (QED) is 0.801. The van der Waals surface area contributed by atoms with Gasteiger partial charge < -0.3 is 11.1 Å². The second-order valence-electron chi connectivity index (χ2n) is 4.39. The molecule has 122 valence electrons. The molecule has 0 bridgehead atoms. The fourth-order valence-electron chi connectivity index (χ4n) is 1.67. The summed E-state index contributed by atoms with van der Waals surface area (Å²) in [6.45, 7) is 0. The van der Waals surface area contributed by atoms with Crippen molar-refractivity contribution in [3.8, 4) is 0 Å². The third kappa shape index (κ3) is 4.73. The molecule has 0 radical (unpaired) electrons. The van der Waals surface area contributed by atoms with E-state index in [2.05, 4.69) is 5.32 Å². The first-order valence-corrected chi connectivity index (χ1v) is 8.11. The largest absolute Gasteiger partial charge is 0.416 e. The van der Waals surface area contributed by atoms with Crippen molar-refractivity contribution in [2.75, 3.05) is 11.1 Å². The Kier molecular flexibility index (Phi) is 5.32. The van der Waals surface area contributed by atoms with E-state index in [1.54, 1.807) is 5.38 Å². The van der Waals surface area contributed by atoms with Crippen molar-refractivity contribution < 1.29 is 22.8 Å². The van der Waals surface area contributed by atoms with Crippen molar-refractivity contribution in [2.24, 2.45) is 5.73 Å². The lowest BCUT2D eigenvalue weighted by atomic mass is 10.2. The van der Waals surface area contributed by atoms with E-state index in [0.717, 1.165) is 35.2 Å². The molecule has 23 heavy (non-hydrogen) atoms. The summed E-state index contributed by atoms with van der Waals surface area (Å²) in [5.74, 6) is -1.18. The lowest BCUT2D eigenvalue weighted by molar-refractivity contribution is -0.137. The highest BCUT2D eigenvalue weighted by Crippen LogP contribution is 2.32. The second kappa shape index (κ2) is 7.05. The Morgan fingerprint density at radius 2 is 2.00 bits per heavy atom. The van der Waals surface area contributed by atoms with E-state index in [9.17, 15) is 22.8 Å². The number of carbonyl (C=O) groups excluding carboxylic acids is 2. The van der Waals surface area contributed by atoms with Crippen LogP contribution in [0.2, 0.25) is 0 Å². The van der Waals surface area contributed by atoms with E-state index in [0.29, 0.717) is 9.90 Å². The summed E-state index contributed by atoms with van der Waals surface area (Å²) >= 11 is 2.11. The molecule has 0 saturated heterocycles. The highest BCUT2D eigenvalue weighted by atomic mass is 32.2. The van der Waals surface area contributed by atoms with Gasteiger partial charge in [-0.1, -0.05) is 6.07 Å². The normalized spacial score (nSPS) is 11.3. The zero-order valence-electron chi connectivity index (χ0n) is 11.5. The second-order valence-corrected chi connectivity index (χ2v) is 6.35. The molecule has 1 aromatic heterocycles. The third-order valence-corrected chi connectivity index (χ3v) is 4.54. The zero-order valence-corrected chi connectivity index (χ0v) is 13.1. The van der Waals surface area contributed by atoms with Gasteiger partial charge in [-0.15, -0.1) is 23.1 Å². The van der Waals surface area contributed by atoms with E-state index in [-0.39, 0.29) is 11.3 Å². The molecule has 1 heterocycles. The third-order valence-electron chi connectivity index (χ3n) is 2.71. The van der Waals surface area contributed by atoms with Gasteiger partial charge in [0.1, 0.15) is 5.00 Å². The molecule has 0 unspecified atom stereocenters. The lowest BCUT2D eigenvalue weighted by Crippen LogP contribution is -2.17. The van der Waals surface area contributed by atoms with Crippen LogP contribution in [0.3, 0.4) is 0 Å². The van der Waals surface area contributed by atoms with Crippen molar-refractivity contribution in [2.45, 2.75) is 11.1 Å². The zero-order chi connectivity index (χ0) is 17.0. The van der Waals surface area contributed by atoms with Crippen LogP contribution in [0.15, 0.2) is 40.6 Å². The molecule has 2 aromatic rings. The summed E-state index contributed by atoms with van der Waals surface area (Å²) in [5, 5.41) is 4.46. The first kappa shape index (κ1) is 17.4. The van der Waals surface area contributed by atoms with Gasteiger partial charge in [0.05, 0.1) is 16.9 Å². The van der Waals surface area contributed by atoms with Gasteiger partial charge in [-0.05, 0) is 29.6 Å². The minimum atomic E-state index is -4.42. The predicted molar refractivity (Wildman–Crippen MR) is 83.6 cm³/mol. The maximum Gasteiger partial charge on any atom is 0.416 e. The van der Waals surface area contributed by atoms with Crippen molar-refractivity contribution in [3.63, 3.8) is 0 Å². The molecule has 9 heteroatoms. The summed E-state index contributed by atoms with van der Waals surface area (Å²) < 4.78 is 37.8. The molecule has 4 nitrogen and oxygen atoms in total. The maximum atomic E-state index is 12.6. The minimum Gasteiger partial charge on any atom is -0.366 e. The molecule has 2 rings (SSSR count). The van der Waals surface area contributed by atoms with Gasteiger partial charge in [0.15, 0.2) is 0 Å². The molecule has 3 N–H and O–H groups in total. The summed E-state index contributed by atoms with van der Waals surface area (Å²) in [5.41, 5.74) is 4.60. The number of nitrogens with two attached hydrogens (primary N) is 1. The number of hydrogen-bond donors (Lipinski definition) is 2. The Hall–Kier alpha value is -2.00. The molecule has 1 aromatic carbocycles. The van der Waals surface area contributed by atoms with Gasteiger partial charge in [0.25, 0.3) is 5.91 Å². The number of hydrogen-bond acceptors (Lipinski definition) is 4. The molecule has 0 spiro atoms. The molecule has 2 amide bonds. The van der Waals surface area contributed by atoms with E-state index in [1.165, 1.54) is 18.2 Å². The molecule has 0 saturated carbocycles. The van der Waals surface area contributed by atoms with Crippen LogP contribution >= 0.6 is 23.1 Å². The number of nitrogens with one attached hydrogen (secondary N) is 1. The van der Waals surface area contributed by atoms with Crippen molar-refractivity contribution in [1.29, 1.82) is 0 Å². The van der Waals surface area contributed by atoms with E-state index in [1.807, 2.05) is 0 Å². The molecule has 0 aliphatic carbocycles. The predicted octanol–water partition coefficient (Wildman–Crippen LogP) is 3.60. The Morgan fingerprint density at radius 1 is 1.26 bits per heavy atom. The van der Waals surface area contributed by atoms with Crippen molar-refractivity contribution >= 4 is 39.9 Å². The number of primary amides is 1. The van der Waals surface area contributed by atoms with Gasteiger partial charge in [0.2, 0.25) is 5.91 Å². The summed E-state index contributed by atoms with van der Waals surface area (Å²) in [6.07, 6.45) is -4.42. The highest BCUT2D eigenvalue weighted by Gasteiger charge is 2.30. The standard InChI is InChI=1S/C14H11F3N2O2S2/c15-14(16,17)8-2-1-3-9(6-8)23-7-11(20)19-13-10(12(18)21)4-5-22-13/h1-6H,7H2,(H2,18,21)(H,19,20). The molecule has 0 fully saturated rings. The molecular weight excluding hydrogens is 349 g/mol. The average molecular weight is 360 g/mol. The van der Waals surface area contributed by atoms with Crippen LogP contribution in [0, 0.1) is 0 Å². The van der Waals surface area contributed by atoms with Crippen LogP contribution in [0.5, 0.6) is 0 Å². The molecule has 0 aliphatic heterocycles. The Balaban J connectivity index is 1.97. The number of amides is 2. The average Bonchev–Trinajstić information content (AvgIpc) is 2.93. The highest BCUT2D eigenvalue weighted by molar-refractivity contribution is 8.00. The minimum absolute atomic E-state index is 0.0859. The monoisotopic (exact) mass is 360 g/mol. The van der Waals surface area contributed by atoms with Gasteiger partial charge >= 0.3 is 6.18 Å². The maximum absolute atomic E-state index is 12.6. The topological polar surface area (TPSA) is 72.2 Å². The summed E-state index contributed by atoms with van der Waals surface area (Å²) in [6, 6.07) is 6.22. The molecule has 0 atom stereocenters. The number of rotatable bonds is 5. The summed E-state index contributed by atoms with van der Waals surface area (Å²) in [7, 11) is 0. The van der Waals surface area contributed by atoms with Crippen LogP contribution in [0.4, 0.5) is 18.2 Å². The number of benzene rings is 1. The van der Waals surface area contributed by atoms with E-state index in [4.69, 9.17) is 5.73 Å². The van der Waals surface area contributed by atoms with Crippen LogP contribution in [0.25, 0.3) is 0 Å². The molecular formula is C14H11F3N2O2S2. The SMILES string of the molecule is NC(=O)c1ccsc1NC(=O)CSc1cccc(C(F)(F)F)c1. The van der Waals surface area contributed by atoms with Gasteiger partial charge in [0, 0.05) is 4.90 Å². The number of anilines is 1. The van der Waals surface area contributed by atoms with Crippen LogP contribution in [0.1, 0.15) is 15.9 Å². The number of alkyl halides is 3. The Labute approximate surface area is 137 Å². The van der Waals surface area contributed by atoms with Crippen molar-refractivity contribution in [1.82, 2.24) is 0 Å². The first-order chi connectivity index (χ1) is 10.8. The smallest absolute Gasteiger partial charge is 0.366 e. The fourth-order valence-corrected chi connectivity index (χ4v) is 3.24. The number of thiophene rings is 1. The Morgan fingerprint density at radius 3 is 2.65 bits per heavy atom. The number of halogens is 3. The van der Waals surface area contributed by atoms with E-state index < -0.39 is 23.6 Å². The number of carbonyl (C=O) groups is 2. The molecule has 0 aliphatic rings. The van der Waals surface area contributed by atoms with Gasteiger partial charge in [-0.25, -0.2) is 0 Å². The summed E-state index contributed by atoms with van der Waals surface area (Å²) in [4.78, 5) is 23.3. The van der Waals surface area contributed by atoms with Crippen LogP contribution < -0.4 is 11.1 Å². The van der Waals surface area contributed by atoms with Gasteiger partial charge in [-0.2, -0.15) is 13.2 Å². The Bertz CT molecular complexity index is 729. The number of thioether (sulfide) groups is 1. The van der Waals surface area contributed by atoms with Crippen molar-refractivity contribution in [3.05, 3.63) is 46.8 Å².